The molecular formula is C25H42O4. The molecule has 0 aromatic rings. The van der Waals surface area contributed by atoms with Crippen molar-refractivity contribution in [2.45, 2.75) is 98.4 Å². The molecule has 0 radical (unpaired) electrons. The zero-order chi connectivity index (χ0) is 21.8. The second kappa shape index (κ2) is 10.3. The molecule has 4 nitrogen and oxygen atoms in total. The van der Waals surface area contributed by atoms with Gasteiger partial charge in [-0.15, -0.1) is 0 Å². The molecule has 2 N–H and O–H groups in total. The predicted octanol–water partition coefficient (Wildman–Crippen LogP) is 5.04. The van der Waals surface area contributed by atoms with E-state index in [1.165, 1.54) is 5.57 Å². The van der Waals surface area contributed by atoms with Crippen molar-refractivity contribution < 1.29 is 19.7 Å². The van der Waals surface area contributed by atoms with Crippen LogP contribution in [0.3, 0.4) is 0 Å². The summed E-state index contributed by atoms with van der Waals surface area (Å²) < 4.78 is 6.14. The van der Waals surface area contributed by atoms with Crippen molar-refractivity contribution in [3.63, 3.8) is 0 Å². The maximum Gasteiger partial charge on any atom is 0.311 e. The molecule has 2 rings (SSSR count). The average molecular weight is 407 g/mol. The van der Waals surface area contributed by atoms with Crippen LogP contribution in [0.2, 0.25) is 0 Å². The number of aliphatic hydroxyl groups is 2. The zero-order valence-corrected chi connectivity index (χ0v) is 19.2. The van der Waals surface area contributed by atoms with E-state index in [2.05, 4.69) is 32.1 Å². The molecule has 0 bridgehead atoms. The first-order valence-corrected chi connectivity index (χ1v) is 11.6. The van der Waals surface area contributed by atoms with Gasteiger partial charge in [-0.25, -0.2) is 0 Å². The Bertz CT molecular complexity index is 606. The van der Waals surface area contributed by atoms with Crippen molar-refractivity contribution in [2.75, 3.05) is 0 Å². The van der Waals surface area contributed by atoms with Crippen LogP contribution < -0.4 is 0 Å². The van der Waals surface area contributed by atoms with E-state index in [-0.39, 0.29) is 18.0 Å². The Hall–Kier alpha value is -1.13. The van der Waals surface area contributed by atoms with E-state index < -0.39 is 17.6 Å². The average Bonchev–Trinajstić information content (AvgIpc) is 2.67. The number of esters is 1. The summed E-state index contributed by atoms with van der Waals surface area (Å²) in [5.74, 6) is 1.16. The molecule has 0 aromatic carbocycles. The first kappa shape index (κ1) is 24.1. The van der Waals surface area contributed by atoms with Crippen LogP contribution in [0.15, 0.2) is 23.8 Å². The Balaban J connectivity index is 2.17. The van der Waals surface area contributed by atoms with Crippen molar-refractivity contribution in [2.24, 2.45) is 29.1 Å². The van der Waals surface area contributed by atoms with Gasteiger partial charge in [0, 0.05) is 5.92 Å². The molecule has 0 fully saturated rings. The van der Waals surface area contributed by atoms with E-state index >= 15 is 0 Å². The highest BCUT2D eigenvalue weighted by molar-refractivity contribution is 5.76. The van der Waals surface area contributed by atoms with Gasteiger partial charge in [0.2, 0.25) is 0 Å². The molecule has 29 heavy (non-hydrogen) atoms. The fourth-order valence-electron chi connectivity index (χ4n) is 4.65. The third kappa shape index (κ3) is 6.18. The number of hydrogen-bond acceptors (Lipinski definition) is 4. The topological polar surface area (TPSA) is 66.8 Å². The molecule has 0 heterocycles. The van der Waals surface area contributed by atoms with Crippen molar-refractivity contribution in [1.82, 2.24) is 0 Å². The minimum Gasteiger partial charge on any atom is -0.461 e. The van der Waals surface area contributed by atoms with Gasteiger partial charge in [-0.2, -0.15) is 0 Å². The molecule has 0 amide bonds. The lowest BCUT2D eigenvalue weighted by molar-refractivity contribution is -0.164. The first-order valence-electron chi connectivity index (χ1n) is 11.6. The molecule has 1 unspecified atom stereocenters. The Morgan fingerprint density at radius 3 is 2.55 bits per heavy atom. The van der Waals surface area contributed by atoms with Crippen molar-refractivity contribution in [1.29, 1.82) is 0 Å². The zero-order valence-electron chi connectivity index (χ0n) is 19.2. The monoisotopic (exact) mass is 406 g/mol. The number of hydrogen-bond donors (Lipinski definition) is 2. The summed E-state index contributed by atoms with van der Waals surface area (Å²) >= 11 is 0. The summed E-state index contributed by atoms with van der Waals surface area (Å²) in [5, 5.41) is 20.2. The van der Waals surface area contributed by atoms with Crippen molar-refractivity contribution >= 4 is 5.97 Å². The van der Waals surface area contributed by atoms with Gasteiger partial charge in [-0.05, 0) is 75.7 Å². The summed E-state index contributed by atoms with van der Waals surface area (Å²) in [5.41, 5.74) is 0.810. The smallest absolute Gasteiger partial charge is 0.311 e. The highest BCUT2D eigenvalue weighted by atomic mass is 16.5. The standard InChI is InChI=1S/C25H42O4/c1-7-19(26)15-20(27)11-12-21-17(4)9-10-18-13-16(3)14-22(23(18)21)29-24(28)25(5,6)8-2/h9-10,13,16-17,19-23,26-27H,7-8,11-12,14-15H2,1-6H3/t16-,17-,19-,20?,21-,22-,23-/m0/s1. The van der Waals surface area contributed by atoms with Crippen molar-refractivity contribution in [3.05, 3.63) is 23.8 Å². The van der Waals surface area contributed by atoms with Gasteiger partial charge in [-0.1, -0.05) is 45.9 Å². The van der Waals surface area contributed by atoms with Crippen LogP contribution in [0, 0.1) is 29.1 Å². The van der Waals surface area contributed by atoms with Gasteiger partial charge in [-0.3, -0.25) is 4.79 Å². The molecule has 4 heteroatoms. The van der Waals surface area contributed by atoms with Gasteiger partial charge in [0.1, 0.15) is 6.10 Å². The molecule has 0 saturated heterocycles. The number of carbonyl (C=O) groups excluding carboxylic acids is 1. The molecule has 7 atom stereocenters. The molecule has 2 aliphatic carbocycles. The second-order valence-electron chi connectivity index (χ2n) is 10.00. The number of allylic oxidation sites excluding steroid dienone is 3. The number of fused-ring (bicyclic) bond motifs is 1. The van der Waals surface area contributed by atoms with E-state index in [0.29, 0.717) is 37.0 Å². The summed E-state index contributed by atoms with van der Waals surface area (Å²) in [7, 11) is 0. The Morgan fingerprint density at radius 1 is 1.24 bits per heavy atom. The molecule has 0 spiro atoms. The fraction of sp³-hybridized carbons (Fsp3) is 0.800. The lowest BCUT2D eigenvalue weighted by Gasteiger charge is -2.44. The highest BCUT2D eigenvalue weighted by Gasteiger charge is 2.42. The number of aliphatic hydroxyl groups excluding tert-OH is 2. The molecule has 0 aromatic heterocycles. The first-order chi connectivity index (χ1) is 13.6. The van der Waals surface area contributed by atoms with E-state index in [0.717, 1.165) is 19.3 Å². The Morgan fingerprint density at radius 2 is 1.93 bits per heavy atom. The molecule has 166 valence electrons. The quantitative estimate of drug-likeness (QED) is 0.526. The van der Waals surface area contributed by atoms with Crippen molar-refractivity contribution in [3.8, 4) is 0 Å². The Kier molecular flexibility index (Phi) is 8.54. The van der Waals surface area contributed by atoms with Crippen LogP contribution in [0.1, 0.15) is 80.1 Å². The third-order valence-corrected chi connectivity index (χ3v) is 7.14. The predicted molar refractivity (Wildman–Crippen MR) is 117 cm³/mol. The van der Waals surface area contributed by atoms with Gasteiger partial charge in [0.05, 0.1) is 17.6 Å². The summed E-state index contributed by atoms with van der Waals surface area (Å²) in [6.07, 6.45) is 10.00. The van der Waals surface area contributed by atoms with Gasteiger partial charge >= 0.3 is 5.97 Å². The summed E-state index contributed by atoms with van der Waals surface area (Å²) in [4.78, 5) is 12.8. The van der Waals surface area contributed by atoms with E-state index in [9.17, 15) is 15.0 Å². The van der Waals surface area contributed by atoms with Gasteiger partial charge < -0.3 is 14.9 Å². The van der Waals surface area contributed by atoms with E-state index in [1.807, 2.05) is 27.7 Å². The van der Waals surface area contributed by atoms with E-state index in [1.54, 1.807) is 0 Å². The van der Waals surface area contributed by atoms with Crippen LogP contribution in [0.4, 0.5) is 0 Å². The molecule has 0 saturated carbocycles. The van der Waals surface area contributed by atoms with Crippen LogP contribution in [-0.4, -0.2) is 34.5 Å². The SMILES string of the molecule is CC[C@H](O)CC(O)CC[C@@H]1[C@@H]2C(=C[C@H](C)C[C@@H]2OC(=O)C(C)(C)CC)C=C[C@@H]1C. The van der Waals surface area contributed by atoms with E-state index in [4.69, 9.17) is 4.74 Å². The highest BCUT2D eigenvalue weighted by Crippen LogP contribution is 2.45. The fourth-order valence-corrected chi connectivity index (χ4v) is 4.65. The summed E-state index contributed by atoms with van der Waals surface area (Å²) in [6, 6.07) is 0. The minimum atomic E-state index is -0.488. The lowest BCUT2D eigenvalue weighted by Crippen LogP contribution is -2.43. The van der Waals surface area contributed by atoms with Crippen LogP contribution in [0.25, 0.3) is 0 Å². The number of ether oxygens (including phenoxy) is 1. The maximum atomic E-state index is 12.8. The third-order valence-electron chi connectivity index (χ3n) is 7.14. The van der Waals surface area contributed by atoms with Crippen LogP contribution in [0.5, 0.6) is 0 Å². The second-order valence-corrected chi connectivity index (χ2v) is 10.00. The Labute approximate surface area is 177 Å². The van der Waals surface area contributed by atoms with Crippen LogP contribution >= 0.6 is 0 Å². The number of carbonyl (C=O) groups is 1. The largest absolute Gasteiger partial charge is 0.461 e. The molecule has 0 aliphatic heterocycles. The normalized spacial score (nSPS) is 31.6. The molecule has 2 aliphatic rings. The summed E-state index contributed by atoms with van der Waals surface area (Å²) in [6.45, 7) is 12.3. The van der Waals surface area contributed by atoms with Gasteiger partial charge in [0.15, 0.2) is 0 Å². The van der Waals surface area contributed by atoms with Gasteiger partial charge in [0.25, 0.3) is 0 Å². The maximum absolute atomic E-state index is 12.8. The van der Waals surface area contributed by atoms with Crippen LogP contribution in [-0.2, 0) is 9.53 Å². The number of rotatable bonds is 9. The molecular weight excluding hydrogens is 364 g/mol. The minimum absolute atomic E-state index is 0.106. The lowest BCUT2D eigenvalue weighted by atomic mass is 9.65.